The van der Waals surface area contributed by atoms with Gasteiger partial charge in [0.15, 0.2) is 0 Å². The van der Waals surface area contributed by atoms with Gasteiger partial charge >= 0.3 is 0 Å². The molecule has 0 aromatic carbocycles. The molecule has 0 radical (unpaired) electrons. The topological polar surface area (TPSA) is 32.8 Å². The van der Waals surface area contributed by atoms with Gasteiger partial charge in [0.1, 0.15) is 0 Å². The van der Waals surface area contributed by atoms with Crippen LogP contribution in [0, 0.1) is 0 Å². The van der Waals surface area contributed by atoms with Crippen molar-refractivity contribution in [3.8, 4) is 0 Å². The minimum absolute atomic E-state index is 0.243. The molecule has 1 amide bonds. The molecule has 2 heterocycles. The Labute approximate surface area is 104 Å². The van der Waals surface area contributed by atoms with E-state index in [2.05, 4.69) is 18.7 Å². The van der Waals surface area contributed by atoms with Crippen LogP contribution in [-0.2, 0) is 9.53 Å². The molecule has 2 fully saturated rings. The number of rotatable bonds is 2. The van der Waals surface area contributed by atoms with E-state index in [1.165, 1.54) is 19.3 Å². The molecule has 0 aliphatic carbocycles. The van der Waals surface area contributed by atoms with Gasteiger partial charge in [-0.25, -0.2) is 0 Å². The zero-order valence-electron chi connectivity index (χ0n) is 11.0. The number of likely N-dealkylation sites (tertiary alicyclic amines) is 1. The SMILES string of the molecule is CC1CN(CC(=O)N2CCCCC2)CC(C)O1. The monoisotopic (exact) mass is 240 g/mol. The van der Waals surface area contributed by atoms with Crippen molar-refractivity contribution in [2.45, 2.75) is 45.3 Å². The van der Waals surface area contributed by atoms with Crippen LogP contribution in [-0.4, -0.2) is 60.6 Å². The predicted octanol–water partition coefficient (Wildman–Crippen LogP) is 1.11. The van der Waals surface area contributed by atoms with E-state index in [1.807, 2.05) is 4.90 Å². The molecule has 0 spiro atoms. The number of carbonyl (C=O) groups excluding carboxylic acids is 1. The van der Waals surface area contributed by atoms with Gasteiger partial charge in [0.2, 0.25) is 5.91 Å². The van der Waals surface area contributed by atoms with E-state index in [-0.39, 0.29) is 12.2 Å². The summed E-state index contributed by atoms with van der Waals surface area (Å²) in [5, 5.41) is 0. The van der Waals surface area contributed by atoms with Crippen molar-refractivity contribution in [1.29, 1.82) is 0 Å². The summed E-state index contributed by atoms with van der Waals surface area (Å²) in [6, 6.07) is 0. The van der Waals surface area contributed by atoms with Gasteiger partial charge in [-0.15, -0.1) is 0 Å². The Morgan fingerprint density at radius 1 is 1.12 bits per heavy atom. The van der Waals surface area contributed by atoms with Crippen molar-refractivity contribution >= 4 is 5.91 Å². The lowest BCUT2D eigenvalue weighted by atomic mass is 10.1. The zero-order valence-corrected chi connectivity index (χ0v) is 11.0. The van der Waals surface area contributed by atoms with Gasteiger partial charge < -0.3 is 9.64 Å². The summed E-state index contributed by atoms with van der Waals surface area (Å²) >= 11 is 0. The number of carbonyl (C=O) groups is 1. The highest BCUT2D eigenvalue weighted by molar-refractivity contribution is 5.78. The molecule has 4 heteroatoms. The molecule has 0 aromatic rings. The fraction of sp³-hybridized carbons (Fsp3) is 0.923. The van der Waals surface area contributed by atoms with Gasteiger partial charge in [-0.1, -0.05) is 0 Å². The second kappa shape index (κ2) is 5.83. The third-order valence-corrected chi connectivity index (χ3v) is 3.56. The minimum Gasteiger partial charge on any atom is -0.373 e. The maximum Gasteiger partial charge on any atom is 0.236 e. The van der Waals surface area contributed by atoms with Crippen LogP contribution in [0.4, 0.5) is 0 Å². The van der Waals surface area contributed by atoms with Crippen LogP contribution in [0.5, 0.6) is 0 Å². The van der Waals surface area contributed by atoms with E-state index in [4.69, 9.17) is 4.74 Å². The van der Waals surface area contributed by atoms with Crippen molar-refractivity contribution in [2.24, 2.45) is 0 Å². The summed E-state index contributed by atoms with van der Waals surface area (Å²) < 4.78 is 5.68. The third kappa shape index (κ3) is 3.68. The fourth-order valence-corrected chi connectivity index (χ4v) is 2.85. The number of amides is 1. The summed E-state index contributed by atoms with van der Waals surface area (Å²) in [4.78, 5) is 16.4. The average Bonchev–Trinajstić information content (AvgIpc) is 2.28. The number of hydrogen-bond acceptors (Lipinski definition) is 3. The Morgan fingerprint density at radius 3 is 2.29 bits per heavy atom. The second-order valence-electron chi connectivity index (χ2n) is 5.39. The van der Waals surface area contributed by atoms with E-state index in [0.717, 1.165) is 26.2 Å². The highest BCUT2D eigenvalue weighted by atomic mass is 16.5. The van der Waals surface area contributed by atoms with Crippen LogP contribution >= 0.6 is 0 Å². The van der Waals surface area contributed by atoms with Crippen LogP contribution in [0.1, 0.15) is 33.1 Å². The highest BCUT2D eigenvalue weighted by Crippen LogP contribution is 2.13. The zero-order chi connectivity index (χ0) is 12.3. The van der Waals surface area contributed by atoms with E-state index in [9.17, 15) is 4.79 Å². The lowest BCUT2D eigenvalue weighted by molar-refractivity contribution is -0.136. The molecule has 0 saturated carbocycles. The Kier molecular flexibility index (Phi) is 4.40. The molecule has 2 atom stereocenters. The lowest BCUT2D eigenvalue weighted by Crippen LogP contribution is -2.50. The van der Waals surface area contributed by atoms with Crippen LogP contribution in [0.25, 0.3) is 0 Å². The van der Waals surface area contributed by atoms with Crippen molar-refractivity contribution in [1.82, 2.24) is 9.80 Å². The number of nitrogens with zero attached hydrogens (tertiary/aromatic N) is 2. The summed E-state index contributed by atoms with van der Waals surface area (Å²) in [5.74, 6) is 0.297. The molecule has 17 heavy (non-hydrogen) atoms. The first-order chi connectivity index (χ1) is 8.15. The fourth-order valence-electron chi connectivity index (χ4n) is 2.85. The molecule has 2 saturated heterocycles. The number of piperidine rings is 1. The Bertz CT molecular complexity index is 254. The predicted molar refractivity (Wildman–Crippen MR) is 66.9 cm³/mol. The van der Waals surface area contributed by atoms with Crippen molar-refractivity contribution in [3.63, 3.8) is 0 Å². The molecule has 2 unspecified atom stereocenters. The molecule has 0 aromatic heterocycles. The molecule has 2 aliphatic rings. The normalized spacial score (nSPS) is 31.5. The van der Waals surface area contributed by atoms with Crippen molar-refractivity contribution in [2.75, 3.05) is 32.7 Å². The molecule has 0 N–H and O–H groups in total. The smallest absolute Gasteiger partial charge is 0.236 e. The lowest BCUT2D eigenvalue weighted by Gasteiger charge is -2.36. The van der Waals surface area contributed by atoms with E-state index in [1.54, 1.807) is 0 Å². The molecule has 4 nitrogen and oxygen atoms in total. The third-order valence-electron chi connectivity index (χ3n) is 3.56. The first-order valence-electron chi connectivity index (χ1n) is 6.81. The highest BCUT2D eigenvalue weighted by Gasteiger charge is 2.25. The molecule has 2 rings (SSSR count). The maximum absolute atomic E-state index is 12.1. The Balaban J connectivity index is 1.80. The summed E-state index contributed by atoms with van der Waals surface area (Å²) in [6.07, 6.45) is 4.10. The quantitative estimate of drug-likeness (QED) is 0.725. The second-order valence-corrected chi connectivity index (χ2v) is 5.39. The van der Waals surface area contributed by atoms with Gasteiger partial charge in [-0.3, -0.25) is 9.69 Å². The maximum atomic E-state index is 12.1. The summed E-state index contributed by atoms with van der Waals surface area (Å²) in [7, 11) is 0. The van der Waals surface area contributed by atoms with E-state index >= 15 is 0 Å². The van der Waals surface area contributed by atoms with Crippen molar-refractivity contribution < 1.29 is 9.53 Å². The number of hydrogen-bond donors (Lipinski definition) is 0. The first-order valence-corrected chi connectivity index (χ1v) is 6.81. The summed E-state index contributed by atoms with van der Waals surface area (Å²) in [6.45, 7) is 8.39. The Hall–Kier alpha value is -0.610. The van der Waals surface area contributed by atoms with Crippen LogP contribution in [0.3, 0.4) is 0 Å². The molecule has 0 bridgehead atoms. The summed E-state index contributed by atoms with van der Waals surface area (Å²) in [5.41, 5.74) is 0. The van der Waals surface area contributed by atoms with Gasteiger partial charge in [-0.2, -0.15) is 0 Å². The first kappa shape index (κ1) is 12.8. The molecular weight excluding hydrogens is 216 g/mol. The van der Waals surface area contributed by atoms with Gasteiger partial charge in [0.05, 0.1) is 18.8 Å². The standard InChI is InChI=1S/C13H24N2O2/c1-11-8-14(9-12(2)17-11)10-13(16)15-6-4-3-5-7-15/h11-12H,3-10H2,1-2H3. The largest absolute Gasteiger partial charge is 0.373 e. The van der Waals surface area contributed by atoms with Crippen LogP contribution < -0.4 is 0 Å². The van der Waals surface area contributed by atoms with Gasteiger partial charge in [0, 0.05) is 26.2 Å². The number of ether oxygens (including phenoxy) is 1. The average molecular weight is 240 g/mol. The van der Waals surface area contributed by atoms with Gasteiger partial charge in [0.25, 0.3) is 0 Å². The van der Waals surface area contributed by atoms with E-state index in [0.29, 0.717) is 12.5 Å². The Morgan fingerprint density at radius 2 is 1.71 bits per heavy atom. The van der Waals surface area contributed by atoms with Crippen molar-refractivity contribution in [3.05, 3.63) is 0 Å². The molecule has 98 valence electrons. The molecule has 2 aliphatic heterocycles. The minimum atomic E-state index is 0.243. The molecular formula is C13H24N2O2. The van der Waals surface area contributed by atoms with Crippen LogP contribution in [0.2, 0.25) is 0 Å². The van der Waals surface area contributed by atoms with Crippen LogP contribution in [0.15, 0.2) is 0 Å². The van der Waals surface area contributed by atoms with E-state index < -0.39 is 0 Å². The van der Waals surface area contributed by atoms with Gasteiger partial charge in [-0.05, 0) is 33.1 Å². The number of morpholine rings is 1.